The lowest BCUT2D eigenvalue weighted by Gasteiger charge is -2.22. The Bertz CT molecular complexity index is 609. The van der Waals surface area contributed by atoms with Crippen molar-refractivity contribution in [3.63, 3.8) is 0 Å². The van der Waals surface area contributed by atoms with Crippen molar-refractivity contribution in [2.45, 2.75) is 24.3 Å². The van der Waals surface area contributed by atoms with E-state index in [-0.39, 0.29) is 22.8 Å². The molecular formula is C12H16BrFN2O3S. The average Bonchev–Trinajstić information content (AvgIpc) is 2.58. The molecule has 112 valence electrons. The average molecular weight is 367 g/mol. The molecule has 1 aromatic carbocycles. The van der Waals surface area contributed by atoms with Gasteiger partial charge in [0.05, 0.1) is 10.6 Å². The van der Waals surface area contributed by atoms with Gasteiger partial charge in [-0.25, -0.2) is 12.8 Å². The number of nitrogens with zero attached hydrogens (tertiary/aromatic N) is 1. The van der Waals surface area contributed by atoms with Crippen LogP contribution in [0.1, 0.15) is 13.3 Å². The van der Waals surface area contributed by atoms with E-state index < -0.39 is 20.7 Å². The van der Waals surface area contributed by atoms with Crippen molar-refractivity contribution >= 4 is 31.6 Å². The number of anilines is 1. The summed E-state index contributed by atoms with van der Waals surface area (Å²) in [6.07, 6.45) is 0.356. The first kappa shape index (κ1) is 15.7. The Morgan fingerprint density at radius 2 is 2.20 bits per heavy atom. The summed E-state index contributed by atoms with van der Waals surface area (Å²) in [5.41, 5.74) is 5.80. The normalized spacial score (nSPS) is 21.6. The highest BCUT2D eigenvalue weighted by Crippen LogP contribution is 2.29. The zero-order valence-electron chi connectivity index (χ0n) is 11.0. The van der Waals surface area contributed by atoms with Crippen LogP contribution in [0.15, 0.2) is 21.5 Å². The standard InChI is InChI=1S/C12H16BrFN2O3S/c1-8-7-16(3-2-4-19-8)20(17,18)11-6-9(15)5-10(13)12(11)14/h5-6,8H,2-4,7,15H2,1H3. The molecule has 1 fully saturated rings. The van der Waals surface area contributed by atoms with Gasteiger partial charge in [-0.3, -0.25) is 0 Å². The predicted octanol–water partition coefficient (Wildman–Crippen LogP) is 1.97. The maximum absolute atomic E-state index is 14.1. The van der Waals surface area contributed by atoms with Gasteiger partial charge in [-0.05, 0) is 41.4 Å². The number of halogens is 2. The molecule has 1 unspecified atom stereocenters. The molecule has 2 N–H and O–H groups in total. The Hall–Kier alpha value is -0.700. The lowest BCUT2D eigenvalue weighted by atomic mass is 10.3. The van der Waals surface area contributed by atoms with Gasteiger partial charge >= 0.3 is 0 Å². The van der Waals surface area contributed by atoms with Gasteiger partial charge in [0.1, 0.15) is 4.90 Å². The van der Waals surface area contributed by atoms with Gasteiger partial charge in [-0.15, -0.1) is 0 Å². The fraction of sp³-hybridized carbons (Fsp3) is 0.500. The monoisotopic (exact) mass is 366 g/mol. The summed E-state index contributed by atoms with van der Waals surface area (Å²) < 4.78 is 45.9. The molecule has 0 bridgehead atoms. The molecule has 0 saturated carbocycles. The van der Waals surface area contributed by atoms with Gasteiger partial charge in [0.2, 0.25) is 10.0 Å². The van der Waals surface area contributed by atoms with Crippen LogP contribution in [0, 0.1) is 5.82 Å². The molecule has 1 aliphatic heterocycles. The van der Waals surface area contributed by atoms with E-state index in [0.29, 0.717) is 19.6 Å². The van der Waals surface area contributed by atoms with Crippen LogP contribution in [0.25, 0.3) is 0 Å². The zero-order chi connectivity index (χ0) is 14.9. The number of benzene rings is 1. The van der Waals surface area contributed by atoms with E-state index >= 15 is 0 Å². The molecule has 2 rings (SSSR count). The number of nitrogen functional groups attached to an aromatic ring is 1. The number of ether oxygens (including phenoxy) is 1. The molecule has 1 aromatic rings. The molecular weight excluding hydrogens is 351 g/mol. The molecule has 0 radical (unpaired) electrons. The van der Waals surface area contributed by atoms with Crippen LogP contribution in [0.4, 0.5) is 10.1 Å². The quantitative estimate of drug-likeness (QED) is 0.812. The number of sulfonamides is 1. The third-order valence-corrected chi connectivity index (χ3v) is 5.49. The molecule has 1 heterocycles. The summed E-state index contributed by atoms with van der Waals surface area (Å²) in [7, 11) is -3.93. The maximum Gasteiger partial charge on any atom is 0.246 e. The van der Waals surface area contributed by atoms with Crippen molar-refractivity contribution in [3.05, 3.63) is 22.4 Å². The van der Waals surface area contributed by atoms with E-state index in [9.17, 15) is 12.8 Å². The topological polar surface area (TPSA) is 72.6 Å². The van der Waals surface area contributed by atoms with E-state index in [0.717, 1.165) is 6.07 Å². The van der Waals surface area contributed by atoms with Crippen LogP contribution < -0.4 is 5.73 Å². The third-order valence-electron chi connectivity index (χ3n) is 3.05. The third kappa shape index (κ3) is 3.13. The highest BCUT2D eigenvalue weighted by Gasteiger charge is 2.31. The summed E-state index contributed by atoms with van der Waals surface area (Å²) in [6.45, 7) is 2.79. The highest BCUT2D eigenvalue weighted by atomic mass is 79.9. The van der Waals surface area contributed by atoms with Crippen LogP contribution in [-0.2, 0) is 14.8 Å². The Morgan fingerprint density at radius 1 is 1.50 bits per heavy atom. The van der Waals surface area contributed by atoms with Gasteiger partial charge in [0.25, 0.3) is 0 Å². The largest absolute Gasteiger partial charge is 0.399 e. The van der Waals surface area contributed by atoms with Crippen molar-refractivity contribution in [2.75, 3.05) is 25.4 Å². The van der Waals surface area contributed by atoms with Gasteiger partial charge in [-0.1, -0.05) is 0 Å². The van der Waals surface area contributed by atoms with Gasteiger partial charge in [-0.2, -0.15) is 4.31 Å². The van der Waals surface area contributed by atoms with Gasteiger partial charge in [0, 0.05) is 25.4 Å². The SMILES string of the molecule is CC1CN(S(=O)(=O)c2cc(N)cc(Br)c2F)CCCO1. The minimum Gasteiger partial charge on any atom is -0.399 e. The van der Waals surface area contributed by atoms with Crippen LogP contribution in [0.3, 0.4) is 0 Å². The number of hydrogen-bond donors (Lipinski definition) is 1. The minimum absolute atomic E-state index is 0.0372. The summed E-state index contributed by atoms with van der Waals surface area (Å²) in [5, 5.41) is 0. The number of nitrogens with two attached hydrogens (primary N) is 1. The van der Waals surface area contributed by atoms with Crippen molar-refractivity contribution in [2.24, 2.45) is 0 Å². The molecule has 20 heavy (non-hydrogen) atoms. The van der Waals surface area contributed by atoms with E-state index in [1.807, 2.05) is 0 Å². The molecule has 5 nitrogen and oxygen atoms in total. The number of hydrogen-bond acceptors (Lipinski definition) is 4. The second-order valence-electron chi connectivity index (χ2n) is 4.71. The van der Waals surface area contributed by atoms with Crippen LogP contribution in [0.5, 0.6) is 0 Å². The molecule has 0 aliphatic carbocycles. The summed E-state index contributed by atoms with van der Waals surface area (Å²) in [4.78, 5) is -0.404. The smallest absolute Gasteiger partial charge is 0.246 e. The predicted molar refractivity (Wildman–Crippen MR) is 77.3 cm³/mol. The molecule has 0 spiro atoms. The van der Waals surface area contributed by atoms with E-state index in [2.05, 4.69) is 15.9 Å². The Labute approximate surface area is 126 Å². The van der Waals surface area contributed by atoms with Crippen molar-refractivity contribution in [3.8, 4) is 0 Å². The second-order valence-corrected chi connectivity index (χ2v) is 7.47. The summed E-state index contributed by atoms with van der Waals surface area (Å²) in [6, 6.07) is 2.48. The molecule has 8 heteroatoms. The van der Waals surface area contributed by atoms with Gasteiger partial charge < -0.3 is 10.5 Å². The highest BCUT2D eigenvalue weighted by molar-refractivity contribution is 9.10. The zero-order valence-corrected chi connectivity index (χ0v) is 13.4. The van der Waals surface area contributed by atoms with Crippen molar-refractivity contribution in [1.29, 1.82) is 0 Å². The fourth-order valence-corrected chi connectivity index (χ4v) is 4.37. The van der Waals surface area contributed by atoms with Crippen molar-refractivity contribution < 1.29 is 17.5 Å². The number of rotatable bonds is 2. The lowest BCUT2D eigenvalue weighted by molar-refractivity contribution is 0.0752. The first-order chi connectivity index (χ1) is 9.32. The maximum atomic E-state index is 14.1. The Kier molecular flexibility index (Phi) is 4.68. The van der Waals surface area contributed by atoms with Crippen molar-refractivity contribution in [1.82, 2.24) is 4.31 Å². The molecule has 1 atom stereocenters. The molecule has 0 aromatic heterocycles. The first-order valence-electron chi connectivity index (χ1n) is 6.18. The van der Waals surface area contributed by atoms with E-state index in [1.165, 1.54) is 10.4 Å². The van der Waals surface area contributed by atoms with Crippen LogP contribution >= 0.6 is 15.9 Å². The summed E-state index contributed by atoms with van der Waals surface area (Å²) >= 11 is 2.98. The van der Waals surface area contributed by atoms with Crippen LogP contribution in [0.2, 0.25) is 0 Å². The fourth-order valence-electron chi connectivity index (χ4n) is 2.09. The lowest BCUT2D eigenvalue weighted by Crippen LogP contribution is -2.36. The van der Waals surface area contributed by atoms with E-state index in [4.69, 9.17) is 10.5 Å². The minimum atomic E-state index is -3.93. The first-order valence-corrected chi connectivity index (χ1v) is 8.42. The Morgan fingerprint density at radius 3 is 2.90 bits per heavy atom. The van der Waals surface area contributed by atoms with Gasteiger partial charge in [0.15, 0.2) is 5.82 Å². The Balaban J connectivity index is 2.44. The van der Waals surface area contributed by atoms with Crippen LogP contribution in [-0.4, -0.2) is 38.5 Å². The van der Waals surface area contributed by atoms with E-state index in [1.54, 1.807) is 6.92 Å². The summed E-state index contributed by atoms with van der Waals surface area (Å²) in [5.74, 6) is -0.822. The molecule has 1 aliphatic rings. The molecule has 0 amide bonds. The second kappa shape index (κ2) is 5.97. The molecule has 1 saturated heterocycles.